The van der Waals surface area contributed by atoms with Gasteiger partial charge >= 0.3 is 0 Å². The van der Waals surface area contributed by atoms with Crippen molar-refractivity contribution in [1.82, 2.24) is 9.78 Å². The Balaban J connectivity index is 2.21. The van der Waals surface area contributed by atoms with Gasteiger partial charge in [0.2, 0.25) is 0 Å². The van der Waals surface area contributed by atoms with Crippen molar-refractivity contribution in [3.63, 3.8) is 0 Å². The number of nitrogens with zero attached hydrogens (tertiary/aromatic N) is 3. The van der Waals surface area contributed by atoms with Crippen LogP contribution in [0.15, 0.2) is 41.1 Å². The maximum atomic E-state index is 9.31. The number of anilines is 1. The molecule has 0 spiro atoms. The van der Waals surface area contributed by atoms with Gasteiger partial charge in [0.1, 0.15) is 6.04 Å². The predicted octanol–water partition coefficient (Wildman–Crippen LogP) is 3.90. The lowest BCUT2D eigenvalue weighted by Crippen LogP contribution is -2.08. The van der Waals surface area contributed by atoms with Crippen LogP contribution in [0, 0.1) is 11.3 Å². The lowest BCUT2D eigenvalue weighted by Gasteiger charge is -2.12. The summed E-state index contributed by atoms with van der Waals surface area (Å²) in [5, 5.41) is 16.8. The fraction of sp³-hybridized carbons (Fsp3) is 0.286. The first kappa shape index (κ1) is 13.6. The van der Waals surface area contributed by atoms with Gasteiger partial charge in [-0.05, 0) is 41.9 Å². The molecule has 0 radical (unpaired) electrons. The highest BCUT2D eigenvalue weighted by atomic mass is 79.9. The maximum Gasteiger partial charge on any atom is 0.143 e. The first-order valence-electron chi connectivity index (χ1n) is 6.06. The molecule has 2 rings (SSSR count). The number of hydrogen-bond donors (Lipinski definition) is 1. The van der Waals surface area contributed by atoms with Gasteiger partial charge in [0.05, 0.1) is 12.3 Å². The monoisotopic (exact) mass is 318 g/mol. The molecule has 0 saturated carbocycles. The molecule has 19 heavy (non-hydrogen) atoms. The number of aromatic nitrogens is 2. The van der Waals surface area contributed by atoms with E-state index in [1.54, 1.807) is 6.20 Å². The molecule has 1 atom stereocenters. The molecule has 0 amide bonds. The molecular formula is C14H15BrN4. The average molecular weight is 319 g/mol. The van der Waals surface area contributed by atoms with Crippen LogP contribution in [0.5, 0.6) is 0 Å². The summed E-state index contributed by atoms with van der Waals surface area (Å²) in [6, 6.07) is 9.88. The highest BCUT2D eigenvalue weighted by molar-refractivity contribution is 9.10. The SMILES string of the molecule is CC(C)n1cc(C(C#N)Nc2ccccc2Br)cn1. The lowest BCUT2D eigenvalue weighted by molar-refractivity contribution is 0.532. The van der Waals surface area contributed by atoms with Gasteiger partial charge in [-0.15, -0.1) is 0 Å². The Morgan fingerprint density at radius 3 is 2.68 bits per heavy atom. The van der Waals surface area contributed by atoms with Crippen molar-refractivity contribution in [2.24, 2.45) is 0 Å². The van der Waals surface area contributed by atoms with Crippen molar-refractivity contribution >= 4 is 21.6 Å². The normalized spacial score (nSPS) is 12.2. The second kappa shape index (κ2) is 5.89. The molecule has 0 aliphatic rings. The Morgan fingerprint density at radius 2 is 2.11 bits per heavy atom. The molecule has 0 bridgehead atoms. The number of benzene rings is 1. The fourth-order valence-corrected chi connectivity index (χ4v) is 2.11. The Bertz CT molecular complexity index is 597. The highest BCUT2D eigenvalue weighted by Crippen LogP contribution is 2.26. The standard InChI is InChI=1S/C14H15BrN4/c1-10(2)19-9-11(8-17-19)14(7-16)18-13-6-4-3-5-12(13)15/h3-6,8-10,14,18H,1-2H3. The lowest BCUT2D eigenvalue weighted by atomic mass is 10.1. The molecule has 0 fully saturated rings. The van der Waals surface area contributed by atoms with E-state index in [0.29, 0.717) is 0 Å². The van der Waals surface area contributed by atoms with E-state index in [2.05, 4.69) is 46.3 Å². The number of nitrogens with one attached hydrogen (secondary N) is 1. The van der Waals surface area contributed by atoms with Gasteiger partial charge in [-0.25, -0.2) is 0 Å². The molecule has 0 saturated heterocycles. The molecule has 1 unspecified atom stereocenters. The summed E-state index contributed by atoms with van der Waals surface area (Å²) in [4.78, 5) is 0. The van der Waals surface area contributed by atoms with Crippen molar-refractivity contribution in [3.8, 4) is 6.07 Å². The molecular weight excluding hydrogens is 304 g/mol. The number of nitriles is 1. The van der Waals surface area contributed by atoms with Crippen LogP contribution in [0.1, 0.15) is 31.5 Å². The quantitative estimate of drug-likeness (QED) is 0.930. The van der Waals surface area contributed by atoms with Gasteiger partial charge in [0.15, 0.2) is 0 Å². The highest BCUT2D eigenvalue weighted by Gasteiger charge is 2.14. The van der Waals surface area contributed by atoms with Crippen molar-refractivity contribution < 1.29 is 0 Å². The summed E-state index contributed by atoms with van der Waals surface area (Å²) < 4.78 is 2.79. The van der Waals surface area contributed by atoms with Crippen molar-refractivity contribution in [1.29, 1.82) is 5.26 Å². The van der Waals surface area contributed by atoms with Crippen LogP contribution >= 0.6 is 15.9 Å². The zero-order chi connectivity index (χ0) is 13.8. The molecule has 98 valence electrons. The van der Waals surface area contributed by atoms with Gasteiger partial charge in [-0.2, -0.15) is 10.4 Å². The molecule has 1 N–H and O–H groups in total. The van der Waals surface area contributed by atoms with Gasteiger partial charge in [-0.1, -0.05) is 12.1 Å². The summed E-state index contributed by atoms with van der Waals surface area (Å²) in [6.07, 6.45) is 3.64. The number of halogens is 1. The zero-order valence-corrected chi connectivity index (χ0v) is 12.4. The molecule has 0 aliphatic heterocycles. The molecule has 4 nitrogen and oxygen atoms in total. The van der Waals surface area contributed by atoms with Crippen LogP contribution in [0.4, 0.5) is 5.69 Å². The minimum absolute atomic E-state index is 0.288. The van der Waals surface area contributed by atoms with E-state index in [-0.39, 0.29) is 6.04 Å². The largest absolute Gasteiger partial charge is 0.365 e. The minimum Gasteiger partial charge on any atom is -0.365 e. The van der Waals surface area contributed by atoms with E-state index < -0.39 is 6.04 Å². The Kier molecular flexibility index (Phi) is 4.23. The maximum absolute atomic E-state index is 9.31. The fourth-order valence-electron chi connectivity index (χ4n) is 1.71. The molecule has 5 heteroatoms. The summed E-state index contributed by atoms with van der Waals surface area (Å²) in [7, 11) is 0. The summed E-state index contributed by atoms with van der Waals surface area (Å²) in [5.74, 6) is 0. The van der Waals surface area contributed by atoms with Crippen molar-refractivity contribution in [2.75, 3.05) is 5.32 Å². The summed E-state index contributed by atoms with van der Waals surface area (Å²) >= 11 is 3.46. The number of para-hydroxylation sites is 1. The van der Waals surface area contributed by atoms with Crippen LogP contribution in [-0.4, -0.2) is 9.78 Å². The van der Waals surface area contributed by atoms with Crippen LogP contribution in [0.25, 0.3) is 0 Å². The smallest absolute Gasteiger partial charge is 0.143 e. The van der Waals surface area contributed by atoms with Gasteiger partial charge in [0.25, 0.3) is 0 Å². The van der Waals surface area contributed by atoms with Crippen molar-refractivity contribution in [3.05, 3.63) is 46.7 Å². The molecule has 1 aromatic carbocycles. The van der Waals surface area contributed by atoms with Gasteiger partial charge in [-0.3, -0.25) is 4.68 Å². The Hall–Kier alpha value is -1.80. The van der Waals surface area contributed by atoms with Gasteiger partial charge < -0.3 is 5.32 Å². The van der Waals surface area contributed by atoms with E-state index in [9.17, 15) is 5.26 Å². The second-order valence-electron chi connectivity index (χ2n) is 4.53. The second-order valence-corrected chi connectivity index (χ2v) is 5.39. The average Bonchev–Trinajstić information content (AvgIpc) is 2.87. The van der Waals surface area contributed by atoms with Crippen LogP contribution in [-0.2, 0) is 0 Å². The van der Waals surface area contributed by atoms with E-state index >= 15 is 0 Å². The Morgan fingerprint density at radius 1 is 1.37 bits per heavy atom. The van der Waals surface area contributed by atoms with E-state index in [4.69, 9.17) is 0 Å². The van der Waals surface area contributed by atoms with Crippen LogP contribution < -0.4 is 5.32 Å². The van der Waals surface area contributed by atoms with Crippen molar-refractivity contribution in [2.45, 2.75) is 25.9 Å². The third-order valence-corrected chi connectivity index (χ3v) is 3.48. The van der Waals surface area contributed by atoms with Crippen LogP contribution in [0.3, 0.4) is 0 Å². The molecule has 1 heterocycles. The molecule has 0 aliphatic carbocycles. The number of rotatable bonds is 4. The minimum atomic E-state index is -0.411. The molecule has 1 aromatic heterocycles. The first-order chi connectivity index (χ1) is 9.11. The zero-order valence-electron chi connectivity index (χ0n) is 10.8. The summed E-state index contributed by atoms with van der Waals surface area (Å²) in [6.45, 7) is 4.11. The van der Waals surface area contributed by atoms with E-state index in [0.717, 1.165) is 15.7 Å². The predicted molar refractivity (Wildman–Crippen MR) is 78.7 cm³/mol. The summed E-state index contributed by atoms with van der Waals surface area (Å²) in [5.41, 5.74) is 1.76. The third-order valence-electron chi connectivity index (χ3n) is 2.79. The van der Waals surface area contributed by atoms with Gasteiger partial charge in [0, 0.05) is 28.0 Å². The topological polar surface area (TPSA) is 53.6 Å². The van der Waals surface area contributed by atoms with E-state index in [1.165, 1.54) is 0 Å². The first-order valence-corrected chi connectivity index (χ1v) is 6.86. The van der Waals surface area contributed by atoms with Crippen LogP contribution in [0.2, 0.25) is 0 Å². The number of hydrogen-bond acceptors (Lipinski definition) is 3. The molecule has 2 aromatic rings. The third kappa shape index (κ3) is 3.15. The van der Waals surface area contributed by atoms with E-state index in [1.807, 2.05) is 35.1 Å². The Labute approximate surface area is 121 Å².